The molecule has 7 heteroatoms. The Balaban J connectivity index is 1.37. The van der Waals surface area contributed by atoms with Gasteiger partial charge in [0.2, 0.25) is 0 Å². The summed E-state index contributed by atoms with van der Waals surface area (Å²) in [6.07, 6.45) is 6.82. The molecule has 1 unspecified atom stereocenters. The van der Waals surface area contributed by atoms with E-state index in [1.165, 1.54) is 49.8 Å². The van der Waals surface area contributed by atoms with E-state index in [1.807, 2.05) is 10.7 Å². The van der Waals surface area contributed by atoms with Crippen LogP contribution in [0.5, 0.6) is 0 Å². The first-order chi connectivity index (χ1) is 15.8. The summed E-state index contributed by atoms with van der Waals surface area (Å²) in [5, 5.41) is 12.8. The Labute approximate surface area is 189 Å². The fourth-order valence-electron chi connectivity index (χ4n) is 5.25. The summed E-state index contributed by atoms with van der Waals surface area (Å²) in [7, 11) is 0. The predicted octanol–water partition coefficient (Wildman–Crippen LogP) is 3.90. The van der Waals surface area contributed by atoms with Gasteiger partial charge in [-0.15, -0.1) is 5.10 Å². The van der Waals surface area contributed by atoms with Gasteiger partial charge in [0.05, 0.1) is 12.6 Å². The molecule has 5 rings (SSSR count). The first kappa shape index (κ1) is 21.2. The Kier molecular flexibility index (Phi) is 6.55. The third-order valence-corrected chi connectivity index (χ3v) is 6.97. The number of piperazine rings is 1. The molecule has 1 aromatic heterocycles. The van der Waals surface area contributed by atoms with Crippen LogP contribution < -0.4 is 0 Å². The third kappa shape index (κ3) is 4.74. The summed E-state index contributed by atoms with van der Waals surface area (Å²) in [6, 6.07) is 17.8. The minimum Gasteiger partial charge on any atom is -0.298 e. The fourth-order valence-corrected chi connectivity index (χ4v) is 5.25. The van der Waals surface area contributed by atoms with E-state index >= 15 is 0 Å². The molecule has 2 aromatic carbocycles. The summed E-state index contributed by atoms with van der Waals surface area (Å²) >= 11 is 0. The number of benzene rings is 2. The smallest absolute Gasteiger partial charge is 0.173 e. The number of hydrogen-bond acceptors (Lipinski definition) is 5. The Morgan fingerprint density at radius 3 is 2.31 bits per heavy atom. The molecule has 0 radical (unpaired) electrons. The van der Waals surface area contributed by atoms with Crippen LogP contribution in [0.4, 0.5) is 4.39 Å². The van der Waals surface area contributed by atoms with Crippen molar-refractivity contribution in [2.45, 2.75) is 50.7 Å². The van der Waals surface area contributed by atoms with Crippen LogP contribution in [-0.2, 0) is 6.54 Å². The average Bonchev–Trinajstić information content (AvgIpc) is 3.30. The fraction of sp³-hybridized carbons (Fsp3) is 0.480. The van der Waals surface area contributed by atoms with Gasteiger partial charge in [-0.1, -0.05) is 61.7 Å². The van der Waals surface area contributed by atoms with E-state index < -0.39 is 0 Å². The summed E-state index contributed by atoms with van der Waals surface area (Å²) in [5.41, 5.74) is 2.18. The molecular formula is C25H31FN6. The maximum atomic E-state index is 13.3. The van der Waals surface area contributed by atoms with Crippen LogP contribution >= 0.6 is 0 Å². The zero-order chi connectivity index (χ0) is 21.8. The molecule has 1 aliphatic heterocycles. The van der Waals surface area contributed by atoms with Crippen LogP contribution in [0.2, 0.25) is 0 Å². The Morgan fingerprint density at radius 2 is 1.59 bits per heavy atom. The van der Waals surface area contributed by atoms with Crippen LogP contribution in [0, 0.1) is 5.82 Å². The molecule has 3 aromatic rings. The lowest BCUT2D eigenvalue weighted by atomic mass is 9.93. The average molecular weight is 435 g/mol. The van der Waals surface area contributed by atoms with Gasteiger partial charge in [-0.05, 0) is 46.5 Å². The van der Waals surface area contributed by atoms with Crippen molar-refractivity contribution >= 4 is 0 Å². The van der Waals surface area contributed by atoms with Crippen molar-refractivity contribution in [3.05, 3.63) is 77.4 Å². The second kappa shape index (κ2) is 9.88. The van der Waals surface area contributed by atoms with Gasteiger partial charge < -0.3 is 0 Å². The molecule has 2 fully saturated rings. The van der Waals surface area contributed by atoms with Gasteiger partial charge in [-0.25, -0.2) is 9.07 Å². The van der Waals surface area contributed by atoms with E-state index in [2.05, 4.69) is 49.6 Å². The molecule has 1 aliphatic carbocycles. The number of rotatable bonds is 6. The maximum Gasteiger partial charge on any atom is 0.173 e. The summed E-state index contributed by atoms with van der Waals surface area (Å²) < 4.78 is 15.2. The quantitative estimate of drug-likeness (QED) is 0.589. The standard InChI is InChI=1S/C25H31FN6/c26-22-13-11-20(12-14-22)19-32-25(27-28-29-32)24(21-7-3-1-4-8-21)31-17-15-30(16-18-31)23-9-5-2-6-10-23/h1,3-4,7-8,11-14,23-24H,2,5-6,9-10,15-19H2. The van der Waals surface area contributed by atoms with E-state index in [0.717, 1.165) is 43.6 Å². The summed E-state index contributed by atoms with van der Waals surface area (Å²) in [5.74, 6) is 0.607. The molecule has 32 heavy (non-hydrogen) atoms. The van der Waals surface area contributed by atoms with E-state index in [4.69, 9.17) is 0 Å². The summed E-state index contributed by atoms with van der Waals surface area (Å²) in [4.78, 5) is 5.21. The SMILES string of the molecule is Fc1ccc(Cn2nnnc2C(c2ccccc2)N2CCN(C3CCCCC3)CC2)cc1. The molecule has 0 spiro atoms. The van der Waals surface area contributed by atoms with Crippen LogP contribution in [0.15, 0.2) is 54.6 Å². The highest BCUT2D eigenvalue weighted by Crippen LogP contribution is 2.30. The third-order valence-electron chi connectivity index (χ3n) is 6.97. The zero-order valence-electron chi connectivity index (χ0n) is 18.5. The van der Waals surface area contributed by atoms with Gasteiger partial charge in [0.25, 0.3) is 0 Å². The maximum absolute atomic E-state index is 13.3. The largest absolute Gasteiger partial charge is 0.298 e. The van der Waals surface area contributed by atoms with Gasteiger partial charge >= 0.3 is 0 Å². The molecule has 1 saturated carbocycles. The van der Waals surface area contributed by atoms with Crippen LogP contribution in [0.3, 0.4) is 0 Å². The number of tetrazole rings is 1. The van der Waals surface area contributed by atoms with Crippen molar-refractivity contribution in [2.75, 3.05) is 26.2 Å². The second-order valence-electron chi connectivity index (χ2n) is 9.00. The van der Waals surface area contributed by atoms with Gasteiger partial charge in [0.1, 0.15) is 5.82 Å². The second-order valence-corrected chi connectivity index (χ2v) is 9.00. The van der Waals surface area contributed by atoms with E-state index in [1.54, 1.807) is 12.1 Å². The molecule has 0 amide bonds. The summed E-state index contributed by atoms with van der Waals surface area (Å²) in [6.45, 7) is 4.70. The van der Waals surface area contributed by atoms with E-state index in [-0.39, 0.29) is 11.9 Å². The predicted molar refractivity (Wildman–Crippen MR) is 122 cm³/mol. The van der Waals surface area contributed by atoms with Crippen molar-refractivity contribution in [1.29, 1.82) is 0 Å². The van der Waals surface area contributed by atoms with Gasteiger partial charge in [0, 0.05) is 32.2 Å². The van der Waals surface area contributed by atoms with Gasteiger partial charge in [0.15, 0.2) is 5.82 Å². The first-order valence-electron chi connectivity index (χ1n) is 11.8. The Morgan fingerprint density at radius 1 is 0.875 bits per heavy atom. The minimum atomic E-state index is -0.233. The molecule has 2 aliphatic rings. The normalized spacial score (nSPS) is 19.8. The minimum absolute atomic E-state index is 0.000143. The number of halogens is 1. The van der Waals surface area contributed by atoms with Crippen molar-refractivity contribution in [2.24, 2.45) is 0 Å². The molecule has 2 heterocycles. The highest BCUT2D eigenvalue weighted by atomic mass is 19.1. The lowest BCUT2D eigenvalue weighted by molar-refractivity contribution is 0.0620. The topological polar surface area (TPSA) is 50.1 Å². The molecule has 0 bridgehead atoms. The van der Waals surface area contributed by atoms with Crippen molar-refractivity contribution in [3.8, 4) is 0 Å². The lowest BCUT2D eigenvalue weighted by Crippen LogP contribution is -2.52. The highest BCUT2D eigenvalue weighted by Gasteiger charge is 2.32. The number of nitrogens with zero attached hydrogens (tertiary/aromatic N) is 6. The van der Waals surface area contributed by atoms with Gasteiger partial charge in [-0.3, -0.25) is 9.80 Å². The lowest BCUT2D eigenvalue weighted by Gasteiger charge is -2.43. The first-order valence-corrected chi connectivity index (χ1v) is 11.8. The van der Waals surface area contributed by atoms with E-state index in [0.29, 0.717) is 6.54 Å². The van der Waals surface area contributed by atoms with Crippen LogP contribution in [0.25, 0.3) is 0 Å². The monoisotopic (exact) mass is 434 g/mol. The highest BCUT2D eigenvalue weighted by molar-refractivity contribution is 5.25. The molecule has 1 atom stereocenters. The van der Waals surface area contributed by atoms with Crippen molar-refractivity contribution in [1.82, 2.24) is 30.0 Å². The molecule has 168 valence electrons. The molecule has 0 N–H and O–H groups in total. The van der Waals surface area contributed by atoms with Crippen LogP contribution in [-0.4, -0.2) is 62.2 Å². The molecular weight excluding hydrogens is 403 g/mol. The number of aromatic nitrogens is 4. The number of hydrogen-bond donors (Lipinski definition) is 0. The Bertz CT molecular complexity index is 975. The molecule has 1 saturated heterocycles. The molecule has 6 nitrogen and oxygen atoms in total. The van der Waals surface area contributed by atoms with Crippen LogP contribution in [0.1, 0.15) is 55.1 Å². The van der Waals surface area contributed by atoms with Crippen molar-refractivity contribution in [3.63, 3.8) is 0 Å². The van der Waals surface area contributed by atoms with E-state index in [9.17, 15) is 4.39 Å². The zero-order valence-corrected chi connectivity index (χ0v) is 18.5. The Hall–Kier alpha value is -2.64. The van der Waals surface area contributed by atoms with Gasteiger partial charge in [-0.2, -0.15) is 0 Å². The van der Waals surface area contributed by atoms with Crippen molar-refractivity contribution < 1.29 is 4.39 Å².